The number of sulfonamides is 1. The van der Waals surface area contributed by atoms with E-state index in [0.717, 1.165) is 13.0 Å². The summed E-state index contributed by atoms with van der Waals surface area (Å²) in [6.45, 7) is 1.36. The minimum absolute atomic E-state index is 0.181. The van der Waals surface area contributed by atoms with E-state index in [2.05, 4.69) is 20.1 Å². The Hall–Kier alpha value is -0.990. The van der Waals surface area contributed by atoms with E-state index < -0.39 is 10.0 Å². The molecule has 0 aromatic carbocycles. The van der Waals surface area contributed by atoms with Gasteiger partial charge >= 0.3 is 0 Å². The van der Waals surface area contributed by atoms with E-state index in [-0.39, 0.29) is 5.75 Å². The summed E-state index contributed by atoms with van der Waals surface area (Å²) in [7, 11) is -1.41. The SMILES string of the molecule is Cn1cnc(CCNS(=O)(=O)CCC2CCCCN2)n1. The maximum atomic E-state index is 11.9. The van der Waals surface area contributed by atoms with Crippen molar-refractivity contribution in [3.63, 3.8) is 0 Å². The number of nitrogens with one attached hydrogen (secondary N) is 2. The van der Waals surface area contributed by atoms with Crippen molar-refractivity contribution in [2.24, 2.45) is 7.05 Å². The Balaban J connectivity index is 1.67. The van der Waals surface area contributed by atoms with Gasteiger partial charge in [-0.3, -0.25) is 4.68 Å². The van der Waals surface area contributed by atoms with Gasteiger partial charge in [0.25, 0.3) is 0 Å². The summed E-state index contributed by atoms with van der Waals surface area (Å²) in [4.78, 5) is 4.06. The number of nitrogens with zero attached hydrogens (tertiary/aromatic N) is 3. The maximum absolute atomic E-state index is 11.9. The zero-order valence-corrected chi connectivity index (χ0v) is 12.7. The number of piperidine rings is 1. The van der Waals surface area contributed by atoms with Gasteiger partial charge < -0.3 is 5.32 Å². The third-order valence-electron chi connectivity index (χ3n) is 3.47. The van der Waals surface area contributed by atoms with Crippen molar-refractivity contribution in [2.45, 2.75) is 38.1 Å². The lowest BCUT2D eigenvalue weighted by Gasteiger charge is -2.23. The summed E-state index contributed by atoms with van der Waals surface area (Å²) in [5.41, 5.74) is 0. The highest BCUT2D eigenvalue weighted by Gasteiger charge is 2.17. The van der Waals surface area contributed by atoms with Gasteiger partial charge in [0.05, 0.1) is 5.75 Å². The smallest absolute Gasteiger partial charge is 0.211 e. The van der Waals surface area contributed by atoms with Gasteiger partial charge in [-0.15, -0.1) is 0 Å². The van der Waals surface area contributed by atoms with Crippen molar-refractivity contribution in [3.05, 3.63) is 12.2 Å². The third-order valence-corrected chi connectivity index (χ3v) is 4.88. The molecule has 1 aliphatic rings. The molecule has 2 N–H and O–H groups in total. The molecule has 7 nitrogen and oxygen atoms in total. The van der Waals surface area contributed by atoms with E-state index in [0.29, 0.717) is 31.3 Å². The normalized spacial score (nSPS) is 20.1. The number of rotatable bonds is 7. The van der Waals surface area contributed by atoms with Gasteiger partial charge in [-0.2, -0.15) is 5.10 Å². The molecule has 1 unspecified atom stereocenters. The molecule has 1 aliphatic heterocycles. The number of hydrogen-bond acceptors (Lipinski definition) is 5. The number of aromatic nitrogens is 3. The van der Waals surface area contributed by atoms with E-state index in [1.807, 2.05) is 0 Å². The summed E-state index contributed by atoms with van der Waals surface area (Å²) in [6, 6.07) is 0.345. The summed E-state index contributed by atoms with van der Waals surface area (Å²) >= 11 is 0. The fraction of sp³-hybridized carbons (Fsp3) is 0.833. The van der Waals surface area contributed by atoms with Gasteiger partial charge in [0.1, 0.15) is 6.33 Å². The van der Waals surface area contributed by atoms with E-state index in [9.17, 15) is 8.42 Å². The molecule has 0 aliphatic carbocycles. The fourth-order valence-corrected chi connectivity index (χ4v) is 3.51. The van der Waals surface area contributed by atoms with Crippen molar-refractivity contribution in [3.8, 4) is 0 Å². The Labute approximate surface area is 120 Å². The van der Waals surface area contributed by atoms with Crippen molar-refractivity contribution in [1.82, 2.24) is 24.8 Å². The van der Waals surface area contributed by atoms with Crippen LogP contribution in [0.5, 0.6) is 0 Å². The van der Waals surface area contributed by atoms with Gasteiger partial charge in [0.15, 0.2) is 5.82 Å². The molecule has 1 aromatic rings. The van der Waals surface area contributed by atoms with Crippen LogP contribution in [-0.4, -0.2) is 48.1 Å². The largest absolute Gasteiger partial charge is 0.314 e. The quantitative estimate of drug-likeness (QED) is 0.728. The van der Waals surface area contributed by atoms with Gasteiger partial charge in [0.2, 0.25) is 10.0 Å². The van der Waals surface area contributed by atoms with Crippen LogP contribution in [0.1, 0.15) is 31.5 Å². The third kappa shape index (κ3) is 5.18. The van der Waals surface area contributed by atoms with E-state index in [4.69, 9.17) is 0 Å². The summed E-state index contributed by atoms with van der Waals surface area (Å²) < 4.78 is 28.0. The van der Waals surface area contributed by atoms with Crippen LogP contribution in [0.25, 0.3) is 0 Å². The lowest BCUT2D eigenvalue weighted by Crippen LogP contribution is -2.37. The average molecular weight is 301 g/mol. The molecular formula is C12H23N5O2S. The second-order valence-electron chi connectivity index (χ2n) is 5.23. The first-order valence-electron chi connectivity index (χ1n) is 7.10. The fourth-order valence-electron chi connectivity index (χ4n) is 2.36. The first-order chi connectivity index (χ1) is 9.55. The molecule has 20 heavy (non-hydrogen) atoms. The molecule has 2 rings (SSSR count). The first-order valence-corrected chi connectivity index (χ1v) is 8.76. The molecule has 1 aromatic heterocycles. The van der Waals surface area contributed by atoms with Gasteiger partial charge in [-0.05, 0) is 25.8 Å². The summed E-state index contributed by atoms with van der Waals surface area (Å²) in [6.07, 6.45) is 6.26. The topological polar surface area (TPSA) is 88.9 Å². The Kier molecular flexibility index (Phi) is 5.50. The van der Waals surface area contributed by atoms with Crippen LogP contribution in [0.2, 0.25) is 0 Å². The van der Waals surface area contributed by atoms with Gasteiger partial charge in [-0.1, -0.05) is 6.42 Å². The Bertz CT molecular complexity index is 508. The Morgan fingerprint density at radius 3 is 3.00 bits per heavy atom. The monoisotopic (exact) mass is 301 g/mol. The van der Waals surface area contributed by atoms with Crippen molar-refractivity contribution >= 4 is 10.0 Å². The van der Waals surface area contributed by atoms with Crippen LogP contribution >= 0.6 is 0 Å². The van der Waals surface area contributed by atoms with Crippen LogP contribution in [-0.2, 0) is 23.5 Å². The molecule has 1 fully saturated rings. The van der Waals surface area contributed by atoms with Crippen LogP contribution in [0, 0.1) is 0 Å². The second-order valence-corrected chi connectivity index (χ2v) is 7.16. The van der Waals surface area contributed by atoms with Crippen molar-refractivity contribution in [1.29, 1.82) is 0 Å². The van der Waals surface area contributed by atoms with Gasteiger partial charge in [-0.25, -0.2) is 18.1 Å². The minimum Gasteiger partial charge on any atom is -0.314 e. The second kappa shape index (κ2) is 7.14. The number of hydrogen-bond donors (Lipinski definition) is 2. The number of aryl methyl sites for hydroxylation is 1. The van der Waals surface area contributed by atoms with Crippen molar-refractivity contribution < 1.29 is 8.42 Å². The molecule has 0 spiro atoms. The molecule has 8 heteroatoms. The van der Waals surface area contributed by atoms with Crippen LogP contribution in [0.3, 0.4) is 0 Å². The maximum Gasteiger partial charge on any atom is 0.211 e. The molecule has 2 heterocycles. The molecule has 0 radical (unpaired) electrons. The molecule has 1 atom stereocenters. The molecular weight excluding hydrogens is 278 g/mol. The minimum atomic E-state index is -3.20. The predicted molar refractivity (Wildman–Crippen MR) is 76.8 cm³/mol. The highest BCUT2D eigenvalue weighted by Crippen LogP contribution is 2.10. The summed E-state index contributed by atoms with van der Waals surface area (Å²) in [5, 5.41) is 7.47. The molecule has 0 saturated carbocycles. The van der Waals surface area contributed by atoms with Crippen LogP contribution < -0.4 is 10.0 Å². The first kappa shape index (κ1) is 15.4. The zero-order chi connectivity index (χ0) is 14.4. The predicted octanol–water partition coefficient (Wildman–Crippen LogP) is -0.191. The molecule has 114 valence electrons. The van der Waals surface area contributed by atoms with E-state index >= 15 is 0 Å². The zero-order valence-electron chi connectivity index (χ0n) is 11.9. The lowest BCUT2D eigenvalue weighted by molar-refractivity contribution is 0.392. The Morgan fingerprint density at radius 2 is 2.35 bits per heavy atom. The van der Waals surface area contributed by atoms with Gasteiger partial charge in [0, 0.05) is 26.1 Å². The van der Waals surface area contributed by atoms with Crippen molar-refractivity contribution in [2.75, 3.05) is 18.8 Å². The Morgan fingerprint density at radius 1 is 1.50 bits per heavy atom. The molecule has 0 amide bonds. The standard InChI is InChI=1S/C12H23N5O2S/c1-17-10-14-12(16-17)5-8-15-20(18,19)9-6-11-4-2-3-7-13-11/h10-11,13,15H,2-9H2,1H3. The molecule has 1 saturated heterocycles. The summed E-state index contributed by atoms with van der Waals surface area (Å²) in [5.74, 6) is 0.837. The van der Waals surface area contributed by atoms with E-state index in [1.165, 1.54) is 12.8 Å². The van der Waals surface area contributed by atoms with Crippen LogP contribution in [0.15, 0.2) is 6.33 Å². The van der Waals surface area contributed by atoms with Crippen LogP contribution in [0.4, 0.5) is 0 Å². The molecule has 0 bridgehead atoms. The lowest BCUT2D eigenvalue weighted by atomic mass is 10.0. The highest BCUT2D eigenvalue weighted by molar-refractivity contribution is 7.89. The van der Waals surface area contributed by atoms with E-state index in [1.54, 1.807) is 18.1 Å². The highest BCUT2D eigenvalue weighted by atomic mass is 32.2. The average Bonchev–Trinajstić information content (AvgIpc) is 2.83.